The molecule has 0 saturated carbocycles. The maximum atomic E-state index is 7.08. The molecule has 1 aliphatic rings. The van der Waals surface area contributed by atoms with Crippen LogP contribution in [-0.2, 0) is 0 Å². The van der Waals surface area contributed by atoms with Gasteiger partial charge >= 0.3 is 173 Å². The van der Waals surface area contributed by atoms with Crippen molar-refractivity contribution in [1.29, 1.82) is 0 Å². The number of para-hydroxylation sites is 1. The summed E-state index contributed by atoms with van der Waals surface area (Å²) in [4.78, 5) is 8.79. The van der Waals surface area contributed by atoms with E-state index in [0.717, 1.165) is 16.8 Å². The Morgan fingerprint density at radius 1 is 0.889 bits per heavy atom. The van der Waals surface area contributed by atoms with Crippen LogP contribution in [0.15, 0.2) is 102 Å². The van der Waals surface area contributed by atoms with Crippen molar-refractivity contribution in [3.8, 4) is 0 Å². The zero-order valence-electron chi connectivity index (χ0n) is 14.7. The summed E-state index contributed by atoms with van der Waals surface area (Å²) < 4.78 is 1.73. The van der Waals surface area contributed by atoms with Crippen molar-refractivity contribution in [3.05, 3.63) is 113 Å². The number of hydrogen-bond acceptors (Lipinski definition) is 2. The summed E-state index contributed by atoms with van der Waals surface area (Å²) in [6.45, 7) is 0. The molecular weight excluding hydrogens is 417 g/mol. The molecule has 134 valence electrons. The minimum absolute atomic E-state index is 0.0552. The second-order valence-corrected chi connectivity index (χ2v) is 8.13. The van der Waals surface area contributed by atoms with E-state index in [1.165, 1.54) is 4.48 Å². The molecule has 0 fully saturated rings. The second-order valence-electron chi connectivity index (χ2n) is 6.44. The summed E-state index contributed by atoms with van der Waals surface area (Å²) in [6, 6.07) is 18.6. The van der Waals surface area contributed by atoms with Gasteiger partial charge < -0.3 is 0 Å². The van der Waals surface area contributed by atoms with Crippen LogP contribution in [0.3, 0.4) is 0 Å². The van der Waals surface area contributed by atoms with Crippen molar-refractivity contribution in [2.45, 2.75) is 11.5 Å². The van der Waals surface area contributed by atoms with Gasteiger partial charge in [-0.05, 0) is 0 Å². The Morgan fingerprint density at radius 3 is 2.04 bits per heavy atom. The molecule has 3 aromatic rings. The average Bonchev–Trinajstić information content (AvgIpc) is 2.73. The van der Waals surface area contributed by atoms with Crippen LogP contribution >= 0.6 is 11.6 Å². The molecule has 1 aromatic carbocycles. The predicted molar refractivity (Wildman–Crippen MR) is 114 cm³/mol. The molecule has 0 bridgehead atoms. The number of pyridine rings is 2. The molecule has 3 nitrogen and oxygen atoms in total. The molecule has 3 heterocycles. The Balaban J connectivity index is 2.05. The zero-order chi connectivity index (χ0) is 18.7. The third-order valence-electron chi connectivity index (χ3n) is 4.94. The molecular formula is C22H20AsClN3+. The molecule has 5 heteroatoms. The summed E-state index contributed by atoms with van der Waals surface area (Å²) in [7, 11) is 0. The third kappa shape index (κ3) is 3.17. The van der Waals surface area contributed by atoms with Crippen molar-refractivity contribution < 1.29 is 0 Å². The number of quaternary nitrogens is 1. The Hall–Kier alpha value is -2.19. The number of hydrogen-bond donors (Lipinski definition) is 0. The van der Waals surface area contributed by atoms with Gasteiger partial charge in [-0.2, -0.15) is 0 Å². The van der Waals surface area contributed by atoms with Gasteiger partial charge in [0.1, 0.15) is 0 Å². The fourth-order valence-corrected chi connectivity index (χ4v) is 5.61. The maximum absolute atomic E-state index is 7.08. The van der Waals surface area contributed by atoms with Crippen molar-refractivity contribution >= 4 is 34.1 Å². The van der Waals surface area contributed by atoms with Gasteiger partial charge in [0, 0.05) is 0 Å². The molecule has 0 aliphatic carbocycles. The van der Waals surface area contributed by atoms with E-state index in [1.54, 1.807) is 29.2 Å². The summed E-state index contributed by atoms with van der Waals surface area (Å²) in [5.41, 5.74) is 3.12. The molecule has 3 atom stereocenters. The van der Waals surface area contributed by atoms with E-state index >= 15 is 0 Å². The van der Waals surface area contributed by atoms with Gasteiger partial charge in [-0.15, -0.1) is 0 Å². The Labute approximate surface area is 173 Å². The van der Waals surface area contributed by atoms with Crippen LogP contribution < -0.4 is 4.48 Å². The Morgan fingerprint density at radius 2 is 1.52 bits per heavy atom. The molecule has 2 aromatic heterocycles. The van der Waals surface area contributed by atoms with Crippen LogP contribution in [0.4, 0.5) is 5.69 Å². The average molecular weight is 437 g/mol. The summed E-state index contributed by atoms with van der Waals surface area (Å²) in [6.07, 6.45) is 13.8. The first-order chi connectivity index (χ1) is 13.2. The van der Waals surface area contributed by atoms with Gasteiger partial charge in [-0.3, -0.25) is 0 Å². The van der Waals surface area contributed by atoms with E-state index in [9.17, 15) is 0 Å². The molecule has 3 unspecified atom stereocenters. The van der Waals surface area contributed by atoms with Crippen molar-refractivity contribution in [3.63, 3.8) is 0 Å². The van der Waals surface area contributed by atoms with Gasteiger partial charge in [0.25, 0.3) is 0 Å². The number of halogens is 1. The fourth-order valence-electron chi connectivity index (χ4n) is 3.79. The van der Waals surface area contributed by atoms with Crippen LogP contribution in [0.1, 0.15) is 17.2 Å². The summed E-state index contributed by atoms with van der Waals surface area (Å²) in [5.74, 6) is 0. The number of rotatable bonds is 4. The van der Waals surface area contributed by atoms with Gasteiger partial charge in [-0.1, -0.05) is 0 Å². The Kier molecular flexibility index (Phi) is 5.26. The SMILES string of the molecule is ClC1C=CC=C([AsH2])[N+]1(c1ccccc1)C(c1cccnc1)c1cccnc1. The number of allylic oxidation sites excluding steroid dienone is 2. The van der Waals surface area contributed by atoms with E-state index in [-0.39, 0.29) is 11.5 Å². The molecule has 0 saturated heterocycles. The summed E-state index contributed by atoms with van der Waals surface area (Å²) in [5, 5.41) is 0. The molecule has 0 N–H and O–H groups in total. The molecule has 0 radical (unpaired) electrons. The van der Waals surface area contributed by atoms with Crippen molar-refractivity contribution in [2.24, 2.45) is 0 Å². The van der Waals surface area contributed by atoms with Gasteiger partial charge in [0.05, 0.1) is 0 Å². The number of alkyl halides is 1. The van der Waals surface area contributed by atoms with Crippen molar-refractivity contribution in [1.82, 2.24) is 14.5 Å². The standard InChI is InChI=1S/C22H20AsClN3/c23-20-11-4-12-21(24)27(20,19-9-2-1-3-10-19)22(17-7-5-13-25-15-17)18-8-6-14-26-16-18/h1-16,21-22H,23H2/q+1. The van der Waals surface area contributed by atoms with E-state index in [0.29, 0.717) is 4.48 Å². The Bertz CT molecular complexity index is 921. The van der Waals surface area contributed by atoms with Crippen LogP contribution in [-0.4, -0.2) is 32.3 Å². The van der Waals surface area contributed by atoms with Gasteiger partial charge in [-0.25, -0.2) is 0 Å². The molecule has 4 rings (SSSR count). The van der Waals surface area contributed by atoms with E-state index < -0.39 is 0 Å². The first-order valence-corrected chi connectivity index (χ1v) is 10.4. The van der Waals surface area contributed by atoms with E-state index in [2.05, 4.69) is 64.6 Å². The number of benzene rings is 1. The monoisotopic (exact) mass is 436 g/mol. The topological polar surface area (TPSA) is 25.8 Å². The van der Waals surface area contributed by atoms with Gasteiger partial charge in [0.15, 0.2) is 0 Å². The minimum atomic E-state index is -0.246. The van der Waals surface area contributed by atoms with Crippen LogP contribution in [0.5, 0.6) is 0 Å². The van der Waals surface area contributed by atoms with Crippen LogP contribution in [0.2, 0.25) is 0 Å². The number of nitrogens with zero attached hydrogens (tertiary/aromatic N) is 3. The molecule has 1 aliphatic heterocycles. The predicted octanol–water partition coefficient (Wildman–Crippen LogP) is 4.18. The molecule has 0 spiro atoms. The fraction of sp³-hybridized carbons (Fsp3) is 0.0909. The van der Waals surface area contributed by atoms with Gasteiger partial charge in [0.2, 0.25) is 0 Å². The first-order valence-electron chi connectivity index (χ1n) is 8.77. The van der Waals surface area contributed by atoms with E-state index in [4.69, 9.17) is 11.6 Å². The summed E-state index contributed by atoms with van der Waals surface area (Å²) >= 11 is 8.66. The van der Waals surface area contributed by atoms with E-state index in [1.807, 2.05) is 30.6 Å². The number of aromatic nitrogens is 2. The quantitative estimate of drug-likeness (QED) is 0.265. The molecule has 27 heavy (non-hydrogen) atoms. The molecule has 0 amide bonds. The van der Waals surface area contributed by atoms with Crippen molar-refractivity contribution in [2.75, 3.05) is 0 Å². The third-order valence-corrected chi connectivity index (χ3v) is 6.70. The zero-order valence-corrected chi connectivity index (χ0v) is 17.9. The second kappa shape index (κ2) is 7.82. The van der Waals surface area contributed by atoms with Crippen LogP contribution in [0, 0.1) is 0 Å². The normalized spacial score (nSPS) is 21.9. The van der Waals surface area contributed by atoms with Crippen LogP contribution in [0.25, 0.3) is 0 Å². The first kappa shape index (κ1) is 18.2.